The number of likely N-dealkylation sites (tertiary alicyclic amines) is 1. The van der Waals surface area contributed by atoms with Crippen LogP contribution in [0, 0.1) is 0 Å². The molecule has 0 aliphatic carbocycles. The second-order valence-corrected chi connectivity index (χ2v) is 9.01. The van der Waals surface area contributed by atoms with E-state index in [9.17, 15) is 4.79 Å². The van der Waals surface area contributed by atoms with E-state index in [-0.39, 0.29) is 5.91 Å². The molecule has 5 nitrogen and oxygen atoms in total. The number of aromatic nitrogens is 1. The number of rotatable bonds is 3. The SMILES string of the molecule is O=C(c1cc(Sc2cccc(Cl)c2)nc2ccccc12)N1CCC2(CC1)OCCO2. The quantitative estimate of drug-likeness (QED) is 0.572. The molecule has 0 saturated carbocycles. The lowest BCUT2D eigenvalue weighted by Gasteiger charge is -2.37. The van der Waals surface area contributed by atoms with Crippen LogP contribution in [0.1, 0.15) is 23.2 Å². The molecule has 2 aliphatic heterocycles. The predicted molar refractivity (Wildman–Crippen MR) is 117 cm³/mol. The third kappa shape index (κ3) is 3.93. The molecule has 2 aromatic carbocycles. The van der Waals surface area contributed by atoms with E-state index in [4.69, 9.17) is 26.1 Å². The van der Waals surface area contributed by atoms with Crippen LogP contribution in [0.3, 0.4) is 0 Å². The summed E-state index contributed by atoms with van der Waals surface area (Å²) in [4.78, 5) is 21.1. The highest BCUT2D eigenvalue weighted by Gasteiger charge is 2.41. The van der Waals surface area contributed by atoms with Gasteiger partial charge in [-0.15, -0.1) is 0 Å². The molecule has 2 aliphatic rings. The Labute approximate surface area is 184 Å². The zero-order valence-corrected chi connectivity index (χ0v) is 17.9. The van der Waals surface area contributed by atoms with Gasteiger partial charge in [-0.3, -0.25) is 4.79 Å². The summed E-state index contributed by atoms with van der Waals surface area (Å²) in [5.74, 6) is -0.473. The molecular weight excluding hydrogens is 420 g/mol. The highest BCUT2D eigenvalue weighted by atomic mass is 35.5. The average Bonchev–Trinajstić information content (AvgIpc) is 3.21. The first-order valence-corrected chi connectivity index (χ1v) is 11.2. The van der Waals surface area contributed by atoms with Crippen LogP contribution in [-0.4, -0.2) is 47.9 Å². The van der Waals surface area contributed by atoms with Crippen molar-refractivity contribution in [2.45, 2.75) is 28.6 Å². The third-order valence-electron chi connectivity index (χ3n) is 5.57. The van der Waals surface area contributed by atoms with E-state index in [0.29, 0.717) is 49.7 Å². The first-order valence-electron chi connectivity index (χ1n) is 10.0. The molecule has 30 heavy (non-hydrogen) atoms. The summed E-state index contributed by atoms with van der Waals surface area (Å²) in [6.45, 7) is 2.50. The molecule has 0 N–H and O–H groups in total. The molecule has 0 atom stereocenters. The van der Waals surface area contributed by atoms with Crippen molar-refractivity contribution >= 4 is 40.2 Å². The van der Waals surface area contributed by atoms with Gasteiger partial charge in [0.2, 0.25) is 0 Å². The number of benzene rings is 2. The van der Waals surface area contributed by atoms with E-state index in [1.807, 2.05) is 59.5 Å². The Morgan fingerprint density at radius 3 is 2.57 bits per heavy atom. The van der Waals surface area contributed by atoms with Gasteiger partial charge >= 0.3 is 0 Å². The van der Waals surface area contributed by atoms with E-state index < -0.39 is 5.79 Å². The van der Waals surface area contributed by atoms with Crippen LogP contribution >= 0.6 is 23.4 Å². The largest absolute Gasteiger partial charge is 0.347 e. The minimum Gasteiger partial charge on any atom is -0.347 e. The van der Waals surface area contributed by atoms with Crippen LogP contribution in [0.5, 0.6) is 0 Å². The molecule has 1 spiro atoms. The predicted octanol–water partition coefficient (Wildman–Crippen LogP) is 5.02. The first kappa shape index (κ1) is 19.8. The van der Waals surface area contributed by atoms with Gasteiger partial charge in [-0.05, 0) is 30.3 Å². The lowest BCUT2D eigenvalue weighted by Crippen LogP contribution is -2.47. The summed E-state index contributed by atoms with van der Waals surface area (Å²) >= 11 is 7.63. The highest BCUT2D eigenvalue weighted by molar-refractivity contribution is 7.99. The van der Waals surface area contributed by atoms with Gasteiger partial charge in [-0.25, -0.2) is 4.98 Å². The molecule has 2 fully saturated rings. The number of amides is 1. The Balaban J connectivity index is 1.44. The maximum atomic E-state index is 13.5. The van der Waals surface area contributed by atoms with Crippen molar-refractivity contribution in [3.8, 4) is 0 Å². The fourth-order valence-electron chi connectivity index (χ4n) is 4.04. The Hall–Kier alpha value is -2.12. The van der Waals surface area contributed by atoms with Crippen LogP contribution in [0.15, 0.2) is 64.5 Å². The number of fused-ring (bicyclic) bond motifs is 1. The number of nitrogens with zero attached hydrogens (tertiary/aromatic N) is 2. The van der Waals surface area contributed by atoms with Gasteiger partial charge in [0.25, 0.3) is 5.91 Å². The fourth-order valence-corrected chi connectivity index (χ4v) is 5.19. The summed E-state index contributed by atoms with van der Waals surface area (Å²) < 4.78 is 11.6. The summed E-state index contributed by atoms with van der Waals surface area (Å²) in [5.41, 5.74) is 1.48. The van der Waals surface area contributed by atoms with Crippen molar-refractivity contribution in [2.75, 3.05) is 26.3 Å². The highest BCUT2D eigenvalue weighted by Crippen LogP contribution is 2.34. The molecule has 0 unspecified atom stereocenters. The second kappa shape index (κ2) is 8.19. The number of ether oxygens (including phenoxy) is 2. The van der Waals surface area contributed by atoms with Crippen molar-refractivity contribution in [3.63, 3.8) is 0 Å². The number of pyridine rings is 1. The van der Waals surface area contributed by atoms with Gasteiger partial charge in [0.1, 0.15) is 5.03 Å². The summed E-state index contributed by atoms with van der Waals surface area (Å²) in [7, 11) is 0. The lowest BCUT2D eigenvalue weighted by molar-refractivity contribution is -0.181. The first-order chi connectivity index (χ1) is 14.6. The normalized spacial score (nSPS) is 18.2. The summed E-state index contributed by atoms with van der Waals surface area (Å²) in [6, 6.07) is 17.3. The standard InChI is InChI=1S/C23H21ClN2O3S/c24-16-4-3-5-17(14-16)30-21-15-19(18-6-1-2-7-20(18)25-21)22(27)26-10-8-23(9-11-26)28-12-13-29-23/h1-7,14-15H,8-13H2. The monoisotopic (exact) mass is 440 g/mol. The lowest BCUT2D eigenvalue weighted by atomic mass is 10.0. The smallest absolute Gasteiger partial charge is 0.254 e. The zero-order valence-electron chi connectivity index (χ0n) is 16.3. The van der Waals surface area contributed by atoms with Gasteiger partial charge in [0, 0.05) is 41.2 Å². The van der Waals surface area contributed by atoms with Crippen LogP contribution in [0.2, 0.25) is 5.02 Å². The Bertz CT molecular complexity index is 1090. The molecular formula is C23H21ClN2O3S. The van der Waals surface area contributed by atoms with Gasteiger partial charge in [-0.1, -0.05) is 47.6 Å². The van der Waals surface area contributed by atoms with Gasteiger partial charge in [0.05, 0.1) is 24.3 Å². The molecule has 5 rings (SSSR count). The van der Waals surface area contributed by atoms with Crippen LogP contribution in [0.4, 0.5) is 0 Å². The number of carbonyl (C=O) groups excluding carboxylic acids is 1. The Morgan fingerprint density at radius 1 is 1.03 bits per heavy atom. The molecule has 2 saturated heterocycles. The average molecular weight is 441 g/mol. The fraction of sp³-hybridized carbons (Fsp3) is 0.304. The van der Waals surface area contributed by atoms with Crippen molar-refractivity contribution in [1.29, 1.82) is 0 Å². The summed E-state index contributed by atoms with van der Waals surface area (Å²) in [6.07, 6.45) is 1.40. The molecule has 3 heterocycles. The number of hydrogen-bond acceptors (Lipinski definition) is 5. The molecule has 7 heteroatoms. The van der Waals surface area contributed by atoms with Gasteiger partial charge in [-0.2, -0.15) is 0 Å². The number of carbonyl (C=O) groups is 1. The maximum Gasteiger partial charge on any atom is 0.254 e. The van der Waals surface area contributed by atoms with E-state index in [1.54, 1.807) is 0 Å². The molecule has 3 aromatic rings. The van der Waals surface area contributed by atoms with E-state index in [1.165, 1.54) is 11.8 Å². The topological polar surface area (TPSA) is 51.7 Å². The van der Waals surface area contributed by atoms with Crippen molar-refractivity contribution in [1.82, 2.24) is 9.88 Å². The molecule has 1 amide bonds. The second-order valence-electron chi connectivity index (χ2n) is 7.48. The Kier molecular flexibility index (Phi) is 5.41. The van der Waals surface area contributed by atoms with Crippen molar-refractivity contribution in [3.05, 3.63) is 65.2 Å². The van der Waals surface area contributed by atoms with E-state index in [2.05, 4.69) is 0 Å². The van der Waals surface area contributed by atoms with Crippen LogP contribution in [-0.2, 0) is 9.47 Å². The molecule has 0 bridgehead atoms. The van der Waals surface area contributed by atoms with Crippen molar-refractivity contribution in [2.24, 2.45) is 0 Å². The van der Waals surface area contributed by atoms with Crippen molar-refractivity contribution < 1.29 is 14.3 Å². The minimum atomic E-state index is -0.495. The number of piperidine rings is 1. The van der Waals surface area contributed by atoms with Crippen LogP contribution < -0.4 is 0 Å². The molecule has 1 aromatic heterocycles. The zero-order chi connectivity index (χ0) is 20.6. The molecule has 0 radical (unpaired) electrons. The van der Waals surface area contributed by atoms with Gasteiger partial charge < -0.3 is 14.4 Å². The maximum absolute atomic E-state index is 13.5. The number of para-hydroxylation sites is 1. The molecule has 154 valence electrons. The number of halogens is 1. The minimum absolute atomic E-state index is 0.0226. The van der Waals surface area contributed by atoms with E-state index in [0.717, 1.165) is 20.8 Å². The summed E-state index contributed by atoms with van der Waals surface area (Å²) in [5, 5.41) is 2.32. The van der Waals surface area contributed by atoms with Crippen LogP contribution in [0.25, 0.3) is 10.9 Å². The Morgan fingerprint density at radius 2 is 1.80 bits per heavy atom. The van der Waals surface area contributed by atoms with Gasteiger partial charge in [0.15, 0.2) is 5.79 Å². The number of hydrogen-bond donors (Lipinski definition) is 0. The third-order valence-corrected chi connectivity index (χ3v) is 6.71. The van der Waals surface area contributed by atoms with E-state index >= 15 is 0 Å².